The number of rotatable bonds is 5. The van der Waals surface area contributed by atoms with Gasteiger partial charge in [0, 0.05) is 32.1 Å². The van der Waals surface area contributed by atoms with Crippen molar-refractivity contribution in [3.63, 3.8) is 0 Å². The number of nitrogens with zero attached hydrogens (tertiary/aromatic N) is 1. The van der Waals surface area contributed by atoms with Crippen LogP contribution in [0.15, 0.2) is 16.8 Å². The van der Waals surface area contributed by atoms with Crippen LogP contribution in [-0.2, 0) is 11.3 Å². The van der Waals surface area contributed by atoms with E-state index < -0.39 is 0 Å². The molecule has 106 valence electrons. The van der Waals surface area contributed by atoms with Crippen molar-refractivity contribution >= 4 is 17.2 Å². The van der Waals surface area contributed by atoms with Gasteiger partial charge in [0.2, 0.25) is 5.91 Å². The number of hydrogen-bond donors (Lipinski definition) is 1. The second-order valence-electron chi connectivity index (χ2n) is 5.41. The molecular formula is C15H24N2OS. The van der Waals surface area contributed by atoms with Crippen LogP contribution in [0.5, 0.6) is 0 Å². The summed E-state index contributed by atoms with van der Waals surface area (Å²) in [5.74, 6) is 0.312. The molecule has 0 spiro atoms. The largest absolute Gasteiger partial charge is 0.343 e. The molecule has 1 aromatic heterocycles. The van der Waals surface area contributed by atoms with Crippen molar-refractivity contribution in [2.24, 2.45) is 0 Å². The number of hydrogen-bond acceptors (Lipinski definition) is 3. The molecule has 1 N–H and O–H groups in total. The van der Waals surface area contributed by atoms with E-state index >= 15 is 0 Å². The maximum Gasteiger partial charge on any atom is 0.224 e. The minimum Gasteiger partial charge on any atom is -0.343 e. The van der Waals surface area contributed by atoms with Crippen LogP contribution < -0.4 is 5.32 Å². The highest BCUT2D eigenvalue weighted by Gasteiger charge is 2.17. The van der Waals surface area contributed by atoms with Gasteiger partial charge in [-0.2, -0.15) is 11.3 Å². The second kappa shape index (κ2) is 7.65. The van der Waals surface area contributed by atoms with E-state index in [1.807, 2.05) is 0 Å². The molecule has 0 radical (unpaired) electrons. The predicted octanol–water partition coefficient (Wildman–Crippen LogP) is 3.02. The van der Waals surface area contributed by atoms with E-state index in [1.165, 1.54) is 31.2 Å². The molecule has 3 nitrogen and oxygen atoms in total. The van der Waals surface area contributed by atoms with Crippen LogP contribution in [0.3, 0.4) is 0 Å². The second-order valence-corrected chi connectivity index (χ2v) is 6.19. The first-order valence-corrected chi connectivity index (χ1v) is 8.22. The van der Waals surface area contributed by atoms with E-state index in [4.69, 9.17) is 0 Å². The Morgan fingerprint density at radius 2 is 2.11 bits per heavy atom. The first kappa shape index (κ1) is 14.5. The molecule has 1 amide bonds. The topological polar surface area (TPSA) is 32.3 Å². The molecule has 1 aliphatic rings. The van der Waals surface area contributed by atoms with E-state index in [1.54, 1.807) is 11.3 Å². The third kappa shape index (κ3) is 4.96. The van der Waals surface area contributed by atoms with Crippen LogP contribution >= 0.6 is 11.3 Å². The zero-order chi connectivity index (χ0) is 13.5. The number of nitrogens with one attached hydrogen (secondary N) is 1. The average molecular weight is 280 g/mol. The molecule has 4 heteroatoms. The Bertz CT molecular complexity index is 370. The Morgan fingerprint density at radius 1 is 1.37 bits per heavy atom. The van der Waals surface area contributed by atoms with E-state index in [-0.39, 0.29) is 6.04 Å². The van der Waals surface area contributed by atoms with Gasteiger partial charge in [0.15, 0.2) is 0 Å². The number of amides is 1. The minimum atomic E-state index is 0.246. The van der Waals surface area contributed by atoms with Crippen LogP contribution in [0, 0.1) is 0 Å². The summed E-state index contributed by atoms with van der Waals surface area (Å²) in [5, 5.41) is 7.67. The number of carbonyl (C=O) groups is 1. The van der Waals surface area contributed by atoms with E-state index in [0.29, 0.717) is 12.3 Å². The Labute approximate surface area is 120 Å². The lowest BCUT2D eigenvalue weighted by atomic mass is 10.2. The minimum absolute atomic E-state index is 0.246. The number of likely N-dealkylation sites (tertiary alicyclic amines) is 1. The molecule has 0 aliphatic carbocycles. The quantitative estimate of drug-likeness (QED) is 0.899. The standard InChI is InChI=1S/C15H24N2OS/c1-13(16-11-14-6-9-19-12-14)10-15(18)17-7-4-2-3-5-8-17/h6,9,12-13,16H,2-5,7-8,10-11H2,1H3/t13-/m0/s1. The number of thiophene rings is 1. The summed E-state index contributed by atoms with van der Waals surface area (Å²) in [7, 11) is 0. The fourth-order valence-electron chi connectivity index (χ4n) is 2.47. The van der Waals surface area contributed by atoms with Crippen molar-refractivity contribution in [3.8, 4) is 0 Å². The molecule has 1 aliphatic heterocycles. The monoisotopic (exact) mass is 280 g/mol. The summed E-state index contributed by atoms with van der Waals surface area (Å²) >= 11 is 1.72. The molecule has 0 bridgehead atoms. The van der Waals surface area contributed by atoms with Gasteiger partial charge in [-0.25, -0.2) is 0 Å². The third-order valence-electron chi connectivity index (χ3n) is 3.67. The Morgan fingerprint density at radius 3 is 2.74 bits per heavy atom. The highest BCUT2D eigenvalue weighted by molar-refractivity contribution is 7.07. The van der Waals surface area contributed by atoms with Gasteiger partial charge < -0.3 is 10.2 Å². The molecule has 1 atom stereocenters. The van der Waals surface area contributed by atoms with E-state index in [9.17, 15) is 4.79 Å². The fraction of sp³-hybridized carbons (Fsp3) is 0.667. The van der Waals surface area contributed by atoms with Gasteiger partial charge in [-0.3, -0.25) is 4.79 Å². The molecule has 19 heavy (non-hydrogen) atoms. The summed E-state index contributed by atoms with van der Waals surface area (Å²) in [6.45, 7) is 4.87. The van der Waals surface area contributed by atoms with E-state index in [2.05, 4.69) is 34.0 Å². The molecule has 0 aromatic carbocycles. The third-order valence-corrected chi connectivity index (χ3v) is 4.41. The van der Waals surface area contributed by atoms with Crippen LogP contribution in [0.2, 0.25) is 0 Å². The highest BCUT2D eigenvalue weighted by Crippen LogP contribution is 2.12. The van der Waals surface area contributed by atoms with Crippen LogP contribution in [0.4, 0.5) is 0 Å². The van der Waals surface area contributed by atoms with Gasteiger partial charge in [0.1, 0.15) is 0 Å². The summed E-state index contributed by atoms with van der Waals surface area (Å²) in [6.07, 6.45) is 5.50. The molecule has 1 saturated heterocycles. The van der Waals surface area contributed by atoms with Crippen LogP contribution in [0.25, 0.3) is 0 Å². The molecule has 1 aromatic rings. The zero-order valence-corrected chi connectivity index (χ0v) is 12.5. The summed E-state index contributed by atoms with van der Waals surface area (Å²) in [5.41, 5.74) is 1.30. The van der Waals surface area contributed by atoms with Gasteiger partial charge in [-0.05, 0) is 42.2 Å². The normalized spacial score (nSPS) is 18.1. The van der Waals surface area contributed by atoms with Gasteiger partial charge in [-0.1, -0.05) is 12.8 Å². The zero-order valence-electron chi connectivity index (χ0n) is 11.7. The predicted molar refractivity (Wildman–Crippen MR) is 80.3 cm³/mol. The molecule has 1 fully saturated rings. The average Bonchev–Trinajstić information content (AvgIpc) is 2.76. The lowest BCUT2D eigenvalue weighted by Crippen LogP contribution is -2.37. The maximum absolute atomic E-state index is 12.2. The first-order chi connectivity index (χ1) is 9.25. The van der Waals surface area contributed by atoms with Crippen molar-refractivity contribution in [1.82, 2.24) is 10.2 Å². The van der Waals surface area contributed by atoms with Crippen molar-refractivity contribution in [2.45, 2.75) is 51.6 Å². The van der Waals surface area contributed by atoms with Crippen LogP contribution in [0.1, 0.15) is 44.6 Å². The molecule has 2 rings (SSSR count). The Hall–Kier alpha value is -0.870. The van der Waals surface area contributed by atoms with E-state index in [0.717, 1.165) is 19.6 Å². The summed E-state index contributed by atoms with van der Waals surface area (Å²) in [4.78, 5) is 14.3. The maximum atomic E-state index is 12.2. The van der Waals surface area contributed by atoms with Gasteiger partial charge in [0.25, 0.3) is 0 Å². The fourth-order valence-corrected chi connectivity index (χ4v) is 3.14. The molecule has 2 heterocycles. The Kier molecular flexibility index (Phi) is 5.86. The molecule has 0 unspecified atom stereocenters. The molecular weight excluding hydrogens is 256 g/mol. The molecule has 0 saturated carbocycles. The van der Waals surface area contributed by atoms with Crippen molar-refractivity contribution in [1.29, 1.82) is 0 Å². The highest BCUT2D eigenvalue weighted by atomic mass is 32.1. The van der Waals surface area contributed by atoms with Crippen molar-refractivity contribution in [3.05, 3.63) is 22.4 Å². The SMILES string of the molecule is C[C@@H](CC(=O)N1CCCCCC1)NCc1ccsc1. The lowest BCUT2D eigenvalue weighted by Gasteiger charge is -2.22. The first-order valence-electron chi connectivity index (χ1n) is 7.28. The van der Waals surface area contributed by atoms with Gasteiger partial charge in [-0.15, -0.1) is 0 Å². The van der Waals surface area contributed by atoms with Gasteiger partial charge >= 0.3 is 0 Å². The Balaban J connectivity index is 1.71. The van der Waals surface area contributed by atoms with Crippen molar-refractivity contribution < 1.29 is 4.79 Å². The van der Waals surface area contributed by atoms with Crippen molar-refractivity contribution in [2.75, 3.05) is 13.1 Å². The summed E-state index contributed by atoms with van der Waals surface area (Å²) in [6, 6.07) is 2.37. The van der Waals surface area contributed by atoms with Gasteiger partial charge in [0.05, 0.1) is 0 Å². The smallest absolute Gasteiger partial charge is 0.224 e. The summed E-state index contributed by atoms with van der Waals surface area (Å²) < 4.78 is 0. The van der Waals surface area contributed by atoms with Crippen LogP contribution in [-0.4, -0.2) is 29.9 Å². The lowest BCUT2D eigenvalue weighted by molar-refractivity contribution is -0.131. The number of carbonyl (C=O) groups excluding carboxylic acids is 1.